The fourth-order valence-electron chi connectivity index (χ4n) is 2.25. The van der Waals surface area contributed by atoms with Gasteiger partial charge in [0.2, 0.25) is 0 Å². The van der Waals surface area contributed by atoms with Crippen LogP contribution in [0.2, 0.25) is 0 Å². The zero-order valence-corrected chi connectivity index (χ0v) is 13.1. The Morgan fingerprint density at radius 3 is 2.21 bits per heavy atom. The van der Waals surface area contributed by atoms with Gasteiger partial charge in [-0.25, -0.2) is 0 Å². The Morgan fingerprint density at radius 1 is 1.11 bits per heavy atom. The summed E-state index contributed by atoms with van der Waals surface area (Å²) in [6, 6.07) is 8.97. The summed E-state index contributed by atoms with van der Waals surface area (Å²) in [5, 5.41) is 4.33. The standard InChI is InChI=1S/C17H23NS/c1-12-10-19-11-15(12)16(18)9-13-5-7-14(8-6-13)17(2,3)4/h5-8,10-11,16H,9,18H2,1-4H3. The molecule has 1 aromatic carbocycles. The maximum absolute atomic E-state index is 6.30. The van der Waals surface area contributed by atoms with Crippen LogP contribution < -0.4 is 5.73 Å². The van der Waals surface area contributed by atoms with Crippen LogP contribution in [0.1, 0.15) is 49.1 Å². The van der Waals surface area contributed by atoms with E-state index in [1.54, 1.807) is 11.3 Å². The van der Waals surface area contributed by atoms with E-state index in [0.717, 1.165) is 6.42 Å². The molecule has 1 heterocycles. The minimum absolute atomic E-state index is 0.103. The minimum atomic E-state index is 0.103. The molecule has 19 heavy (non-hydrogen) atoms. The second-order valence-corrected chi connectivity index (χ2v) is 7.01. The Morgan fingerprint density at radius 2 is 1.74 bits per heavy atom. The van der Waals surface area contributed by atoms with Crippen molar-refractivity contribution in [3.8, 4) is 0 Å². The molecule has 1 aromatic heterocycles. The van der Waals surface area contributed by atoms with E-state index in [9.17, 15) is 0 Å². The van der Waals surface area contributed by atoms with Gasteiger partial charge >= 0.3 is 0 Å². The van der Waals surface area contributed by atoms with Gasteiger partial charge in [-0.2, -0.15) is 11.3 Å². The number of nitrogens with two attached hydrogens (primary N) is 1. The normalized spacial score (nSPS) is 13.5. The van der Waals surface area contributed by atoms with Crippen LogP contribution in [-0.2, 0) is 11.8 Å². The van der Waals surface area contributed by atoms with Crippen molar-refractivity contribution in [2.45, 2.75) is 45.6 Å². The van der Waals surface area contributed by atoms with Crippen molar-refractivity contribution >= 4 is 11.3 Å². The van der Waals surface area contributed by atoms with Crippen LogP contribution in [0.25, 0.3) is 0 Å². The topological polar surface area (TPSA) is 26.0 Å². The Kier molecular flexibility index (Phi) is 4.12. The van der Waals surface area contributed by atoms with Gasteiger partial charge in [0.25, 0.3) is 0 Å². The molecule has 0 radical (unpaired) electrons. The molecule has 0 saturated heterocycles. The Labute approximate surface area is 120 Å². The molecule has 102 valence electrons. The number of hydrogen-bond acceptors (Lipinski definition) is 2. The van der Waals surface area contributed by atoms with Crippen LogP contribution in [0, 0.1) is 6.92 Å². The average molecular weight is 273 g/mol. The minimum Gasteiger partial charge on any atom is -0.324 e. The Hall–Kier alpha value is -1.12. The third kappa shape index (κ3) is 3.46. The lowest BCUT2D eigenvalue weighted by Crippen LogP contribution is -2.14. The largest absolute Gasteiger partial charge is 0.324 e. The van der Waals surface area contributed by atoms with Crippen molar-refractivity contribution < 1.29 is 0 Å². The van der Waals surface area contributed by atoms with Crippen LogP contribution in [0.3, 0.4) is 0 Å². The lowest BCUT2D eigenvalue weighted by Gasteiger charge is -2.19. The van der Waals surface area contributed by atoms with Gasteiger partial charge in [-0.05, 0) is 51.8 Å². The highest BCUT2D eigenvalue weighted by Crippen LogP contribution is 2.25. The first-order valence-corrected chi connectivity index (χ1v) is 7.70. The monoisotopic (exact) mass is 273 g/mol. The smallest absolute Gasteiger partial charge is 0.0346 e. The molecule has 0 saturated carbocycles. The van der Waals surface area contributed by atoms with Crippen molar-refractivity contribution in [1.82, 2.24) is 0 Å². The zero-order valence-electron chi connectivity index (χ0n) is 12.2. The van der Waals surface area contributed by atoms with E-state index >= 15 is 0 Å². The van der Waals surface area contributed by atoms with Crippen LogP contribution in [-0.4, -0.2) is 0 Å². The fourth-order valence-corrected chi connectivity index (χ4v) is 3.17. The van der Waals surface area contributed by atoms with Crippen LogP contribution in [0.15, 0.2) is 35.0 Å². The third-order valence-electron chi connectivity index (χ3n) is 3.57. The molecule has 0 aliphatic rings. The van der Waals surface area contributed by atoms with Gasteiger partial charge in [-0.15, -0.1) is 0 Å². The van der Waals surface area contributed by atoms with E-state index < -0.39 is 0 Å². The summed E-state index contributed by atoms with van der Waals surface area (Å²) in [7, 11) is 0. The summed E-state index contributed by atoms with van der Waals surface area (Å²) in [5.41, 5.74) is 11.8. The molecule has 0 aliphatic heterocycles. The van der Waals surface area contributed by atoms with Crippen molar-refractivity contribution in [1.29, 1.82) is 0 Å². The molecule has 0 aliphatic carbocycles. The predicted octanol–water partition coefficient (Wildman–Crippen LogP) is 4.60. The molecule has 2 rings (SSSR count). The summed E-state index contributed by atoms with van der Waals surface area (Å²) in [4.78, 5) is 0. The fraction of sp³-hybridized carbons (Fsp3) is 0.412. The van der Waals surface area contributed by atoms with Gasteiger partial charge in [-0.3, -0.25) is 0 Å². The van der Waals surface area contributed by atoms with E-state index in [1.807, 2.05) is 0 Å². The van der Waals surface area contributed by atoms with Gasteiger partial charge in [0.05, 0.1) is 0 Å². The zero-order chi connectivity index (χ0) is 14.0. The first-order valence-electron chi connectivity index (χ1n) is 6.75. The Bertz CT molecular complexity index is 531. The quantitative estimate of drug-likeness (QED) is 0.869. The number of thiophene rings is 1. The van der Waals surface area contributed by atoms with Gasteiger partial charge in [0.1, 0.15) is 0 Å². The number of benzene rings is 1. The molecule has 1 atom stereocenters. The highest BCUT2D eigenvalue weighted by atomic mass is 32.1. The van der Waals surface area contributed by atoms with Gasteiger partial charge < -0.3 is 5.73 Å². The van der Waals surface area contributed by atoms with E-state index in [2.05, 4.69) is 62.7 Å². The second-order valence-electron chi connectivity index (χ2n) is 6.27. The van der Waals surface area contributed by atoms with Crippen molar-refractivity contribution in [2.24, 2.45) is 5.73 Å². The number of aryl methyl sites for hydroxylation is 1. The van der Waals surface area contributed by atoms with Crippen molar-refractivity contribution in [3.05, 3.63) is 57.3 Å². The highest BCUT2D eigenvalue weighted by molar-refractivity contribution is 7.08. The maximum atomic E-state index is 6.30. The molecule has 2 N–H and O–H groups in total. The van der Waals surface area contributed by atoms with E-state index in [0.29, 0.717) is 0 Å². The number of hydrogen-bond donors (Lipinski definition) is 1. The van der Waals surface area contributed by atoms with Crippen molar-refractivity contribution in [2.75, 3.05) is 0 Å². The SMILES string of the molecule is Cc1cscc1C(N)Cc1ccc(C(C)(C)C)cc1. The van der Waals surface area contributed by atoms with Gasteiger partial charge in [0.15, 0.2) is 0 Å². The molecule has 2 aromatic rings. The van der Waals surface area contributed by atoms with E-state index in [1.165, 1.54) is 22.3 Å². The maximum Gasteiger partial charge on any atom is 0.0346 e. The lowest BCUT2D eigenvalue weighted by atomic mass is 9.86. The first kappa shape index (κ1) is 14.3. The van der Waals surface area contributed by atoms with Crippen LogP contribution >= 0.6 is 11.3 Å². The molecule has 0 spiro atoms. The van der Waals surface area contributed by atoms with Crippen LogP contribution in [0.5, 0.6) is 0 Å². The summed E-state index contributed by atoms with van der Waals surface area (Å²) in [6.45, 7) is 8.85. The molecular weight excluding hydrogens is 250 g/mol. The average Bonchev–Trinajstić information content (AvgIpc) is 2.75. The first-order chi connectivity index (χ1) is 8.88. The van der Waals surface area contributed by atoms with Gasteiger partial charge in [0, 0.05) is 6.04 Å². The Balaban J connectivity index is 2.10. The second kappa shape index (κ2) is 5.48. The summed E-state index contributed by atoms with van der Waals surface area (Å²) in [5.74, 6) is 0. The van der Waals surface area contributed by atoms with Gasteiger partial charge in [-0.1, -0.05) is 45.0 Å². The third-order valence-corrected chi connectivity index (χ3v) is 4.45. The molecular formula is C17H23NS. The van der Waals surface area contributed by atoms with E-state index in [4.69, 9.17) is 5.73 Å². The molecule has 0 bridgehead atoms. The molecule has 2 heteroatoms. The van der Waals surface area contributed by atoms with Crippen molar-refractivity contribution in [3.63, 3.8) is 0 Å². The van der Waals surface area contributed by atoms with Crippen LogP contribution in [0.4, 0.5) is 0 Å². The lowest BCUT2D eigenvalue weighted by molar-refractivity contribution is 0.589. The predicted molar refractivity (Wildman–Crippen MR) is 84.8 cm³/mol. The summed E-state index contributed by atoms with van der Waals surface area (Å²) < 4.78 is 0. The summed E-state index contributed by atoms with van der Waals surface area (Å²) >= 11 is 1.73. The molecule has 0 amide bonds. The molecule has 0 fully saturated rings. The van der Waals surface area contributed by atoms with E-state index in [-0.39, 0.29) is 11.5 Å². The highest BCUT2D eigenvalue weighted by Gasteiger charge is 2.14. The molecule has 1 nitrogen and oxygen atoms in total. The summed E-state index contributed by atoms with van der Waals surface area (Å²) in [6.07, 6.45) is 0.905. The number of rotatable bonds is 3. The molecule has 1 unspecified atom stereocenters.